The van der Waals surface area contributed by atoms with Gasteiger partial charge in [0, 0.05) is 113 Å². The minimum Gasteiger partial charge on any atom is -1.00 e. The maximum absolute atomic E-state index is 0. The summed E-state index contributed by atoms with van der Waals surface area (Å²) in [5.41, 5.74) is 0. The van der Waals surface area contributed by atoms with Gasteiger partial charge in [0.15, 0.2) is 0 Å². The van der Waals surface area contributed by atoms with Crippen LogP contribution in [0.2, 0.25) is 0 Å². The van der Waals surface area contributed by atoms with E-state index >= 15 is 0 Å². The molecule has 0 saturated carbocycles. The van der Waals surface area contributed by atoms with Gasteiger partial charge in [0.25, 0.3) is 0 Å². The summed E-state index contributed by atoms with van der Waals surface area (Å²) in [7, 11) is 0. The molecular formula is CH12CaCdClHgKMgPbSSiZn. The SMILES string of the molecule is C.Cl.S.[Ca+2].[Cd].[H-].[H-].[H-].[H-].[H-].[Hg].[K+].[Mg+2].[Pb].[Si].[Zn]. The third-order valence-electron chi connectivity index (χ3n) is 0. The third kappa shape index (κ3) is 72.4. The Morgan fingerprint density at radius 3 is 1.09 bits per heavy atom. The molecule has 10 heteroatoms. The summed E-state index contributed by atoms with van der Waals surface area (Å²) in [6.07, 6.45) is 0. The van der Waals surface area contributed by atoms with Crippen molar-refractivity contribution in [3.63, 3.8) is 0 Å². The van der Waals surface area contributed by atoms with Crippen LogP contribution in [0.5, 0.6) is 0 Å². The van der Waals surface area contributed by atoms with E-state index in [0.717, 1.165) is 0 Å². The summed E-state index contributed by atoms with van der Waals surface area (Å²) in [6.45, 7) is 0. The Kier molecular flexibility index (Phi) is 720. The average Bonchev–Trinajstić information content (AvgIpc) is 0. The quantitative estimate of drug-likeness (QED) is 0.233. The zero-order valence-electron chi connectivity index (χ0n) is 11.4. The Hall–Kier alpha value is 7.92. The van der Waals surface area contributed by atoms with Gasteiger partial charge < -0.3 is 7.13 Å². The molecule has 0 nitrogen and oxygen atoms in total. The second-order valence-electron chi connectivity index (χ2n) is 0. The molecule has 0 bridgehead atoms. The minimum atomic E-state index is 0. The summed E-state index contributed by atoms with van der Waals surface area (Å²) < 4.78 is 0. The molecule has 0 N–H and O–H groups in total. The predicted molar refractivity (Wildman–Crippen MR) is 52.9 cm³/mol. The molecule has 0 rings (SSSR count). The molecule has 0 aliphatic heterocycles. The second-order valence-corrected chi connectivity index (χ2v) is 0. The Balaban J connectivity index is 0. The number of hydrogen-bond donors (Lipinski definition) is 0. The van der Waals surface area contributed by atoms with Crippen LogP contribution >= 0.6 is 25.9 Å². The van der Waals surface area contributed by atoms with Gasteiger partial charge in [-0.15, -0.1) is 12.4 Å². The van der Waals surface area contributed by atoms with Crippen molar-refractivity contribution in [3.8, 4) is 0 Å². The van der Waals surface area contributed by atoms with Crippen LogP contribution < -0.4 is 51.4 Å². The van der Waals surface area contributed by atoms with E-state index in [-0.39, 0.29) is 265 Å². The van der Waals surface area contributed by atoms with E-state index in [9.17, 15) is 0 Å². The van der Waals surface area contributed by atoms with E-state index < -0.39 is 0 Å². The van der Waals surface area contributed by atoms with Gasteiger partial charge in [-0.1, -0.05) is 7.43 Å². The first kappa shape index (κ1) is 96.8. The molecular weight excluding hydrogens is 797 g/mol. The Morgan fingerprint density at radius 1 is 1.09 bits per heavy atom. The first-order valence-electron chi connectivity index (χ1n) is 0. The van der Waals surface area contributed by atoms with Crippen molar-refractivity contribution >= 4 is 125 Å². The van der Waals surface area contributed by atoms with Gasteiger partial charge in [-0.2, -0.15) is 13.5 Å². The fraction of sp³-hybridized carbons (Fsp3) is 1.00. The topological polar surface area (TPSA) is 0 Å². The van der Waals surface area contributed by atoms with Crippen LogP contribution in [0, 0.1) is 0 Å². The maximum Gasteiger partial charge on any atom is 2.00 e. The Bertz CT molecular complexity index is 52.4. The molecule has 0 aromatic rings. The smallest absolute Gasteiger partial charge is 1.00 e. The zero-order chi connectivity index (χ0) is 0. The molecule has 8 radical (unpaired) electrons. The molecule has 0 aliphatic carbocycles. The molecule has 48 valence electrons. The largest absolute Gasteiger partial charge is 2.00 e. The molecule has 0 fully saturated rings. The summed E-state index contributed by atoms with van der Waals surface area (Å²) in [6, 6.07) is 0. The summed E-state index contributed by atoms with van der Waals surface area (Å²) in [4.78, 5) is 0. The molecule has 0 amide bonds. The summed E-state index contributed by atoms with van der Waals surface area (Å²) in [5.74, 6) is 0. The zero-order valence-corrected chi connectivity index (χ0v) is 32.4. The monoisotopic (exact) mass is 810 g/mol. The van der Waals surface area contributed by atoms with Crippen LogP contribution in [0.15, 0.2) is 0 Å². The van der Waals surface area contributed by atoms with Crippen molar-refractivity contribution in [2.45, 2.75) is 7.43 Å². The summed E-state index contributed by atoms with van der Waals surface area (Å²) >= 11 is 0. The number of rotatable bonds is 0. The fourth-order valence-electron chi connectivity index (χ4n) is 0. The van der Waals surface area contributed by atoms with E-state index in [2.05, 4.69) is 0 Å². The van der Waals surface area contributed by atoms with Gasteiger partial charge in [-0.05, 0) is 0 Å². The van der Waals surface area contributed by atoms with Crippen LogP contribution in [0.25, 0.3) is 0 Å². The fourth-order valence-corrected chi connectivity index (χ4v) is 0. The molecule has 0 aromatic carbocycles. The Labute approximate surface area is 258 Å². The van der Waals surface area contributed by atoms with Gasteiger partial charge in [-0.25, -0.2) is 0 Å². The maximum atomic E-state index is 0. The van der Waals surface area contributed by atoms with Crippen LogP contribution in [-0.2, 0) is 74.4 Å². The van der Waals surface area contributed by atoms with Crippen LogP contribution in [0.1, 0.15) is 14.6 Å². The van der Waals surface area contributed by atoms with E-state index in [1.807, 2.05) is 0 Å². The molecule has 0 spiro atoms. The number of halogens is 1. The van der Waals surface area contributed by atoms with Crippen molar-refractivity contribution in [2.24, 2.45) is 0 Å². The van der Waals surface area contributed by atoms with Crippen LogP contribution in [0.4, 0.5) is 0 Å². The van der Waals surface area contributed by atoms with Crippen molar-refractivity contribution in [2.75, 3.05) is 0 Å². The van der Waals surface area contributed by atoms with Crippen molar-refractivity contribution < 1.29 is 133 Å². The summed E-state index contributed by atoms with van der Waals surface area (Å²) in [5, 5.41) is 0. The van der Waals surface area contributed by atoms with Gasteiger partial charge in [0.05, 0.1) is 0 Å². The third-order valence-corrected chi connectivity index (χ3v) is 0. The van der Waals surface area contributed by atoms with Gasteiger partial charge >= 0.3 is 112 Å². The minimum absolute atomic E-state index is 0. The molecule has 0 unspecified atom stereocenters. The van der Waals surface area contributed by atoms with Crippen molar-refractivity contribution in [3.05, 3.63) is 0 Å². The first-order chi connectivity index (χ1) is 0. The molecule has 0 atom stereocenters. The van der Waals surface area contributed by atoms with Crippen LogP contribution in [0.3, 0.4) is 0 Å². The second kappa shape index (κ2) is 81.8. The molecule has 0 aliphatic rings. The van der Waals surface area contributed by atoms with Gasteiger partial charge in [-0.3, -0.25) is 0 Å². The van der Waals surface area contributed by atoms with Crippen LogP contribution in [-0.4, -0.2) is 99.1 Å². The standard InChI is InChI=1S/CH4.Ca.Cd.ClH.Hg.K.Mg.Pb.H2S.Si.Zn.5H/h1H4;;;1H;;;;;1H2;;;;;;;/q;+2;;;;+1;+2;;;;;5*-1. The van der Waals surface area contributed by atoms with Gasteiger partial charge in [0.2, 0.25) is 0 Å². The van der Waals surface area contributed by atoms with E-state index in [0.29, 0.717) is 0 Å². The first-order valence-corrected chi connectivity index (χ1v) is 0. The molecule has 11 heavy (non-hydrogen) atoms. The van der Waals surface area contributed by atoms with E-state index in [1.165, 1.54) is 0 Å². The molecule has 0 aromatic heterocycles. The van der Waals surface area contributed by atoms with Crippen molar-refractivity contribution in [1.29, 1.82) is 0 Å². The normalized spacial score (nSPS) is 0. The number of hydrogen-bond acceptors (Lipinski definition) is 0. The predicted octanol–water partition coefficient (Wildman–Crippen LogP) is -2.79. The van der Waals surface area contributed by atoms with E-state index in [1.54, 1.807) is 0 Å². The molecule has 0 heterocycles. The van der Waals surface area contributed by atoms with Gasteiger partial charge in [0.1, 0.15) is 0 Å². The van der Waals surface area contributed by atoms with E-state index in [4.69, 9.17) is 0 Å². The average molecular weight is 809 g/mol. The molecule has 0 saturated heterocycles. The van der Waals surface area contributed by atoms with Crippen molar-refractivity contribution in [1.82, 2.24) is 0 Å². The Morgan fingerprint density at radius 2 is 1.09 bits per heavy atom.